The van der Waals surface area contributed by atoms with Crippen molar-refractivity contribution in [2.45, 2.75) is 6.42 Å². The van der Waals surface area contributed by atoms with Gasteiger partial charge >= 0.3 is 0 Å². The monoisotopic (exact) mass is 346 g/mol. The molecule has 2 rings (SSSR count). The molecule has 0 unspecified atom stereocenters. The maximum atomic E-state index is 13.5. The molecule has 0 aliphatic heterocycles. The number of ketones is 1. The highest BCUT2D eigenvalue weighted by atomic mass is 79.9. The van der Waals surface area contributed by atoms with Gasteiger partial charge in [-0.2, -0.15) is 0 Å². The number of rotatable bonds is 3. The Balaban J connectivity index is 2.33. The topological polar surface area (TPSA) is 17.1 Å². The number of carbonyl (C=O) groups is 1. The van der Waals surface area contributed by atoms with Gasteiger partial charge in [-0.05, 0) is 35.9 Å². The van der Waals surface area contributed by atoms with Crippen LogP contribution >= 0.6 is 15.9 Å². The molecule has 0 saturated heterocycles. The summed E-state index contributed by atoms with van der Waals surface area (Å²) >= 11 is 3.13. The predicted molar refractivity (Wildman–Crippen MR) is 68.5 cm³/mol. The van der Waals surface area contributed by atoms with Gasteiger partial charge in [0.25, 0.3) is 0 Å². The van der Waals surface area contributed by atoms with Gasteiger partial charge in [-0.25, -0.2) is 17.6 Å². The van der Waals surface area contributed by atoms with E-state index in [2.05, 4.69) is 15.9 Å². The minimum absolute atomic E-state index is 0.291. The molecular formula is C14H7BrF4O. The normalized spacial score (nSPS) is 10.7. The number of halogens is 5. The summed E-state index contributed by atoms with van der Waals surface area (Å²) in [6.45, 7) is 0. The van der Waals surface area contributed by atoms with Crippen LogP contribution in [0.25, 0.3) is 0 Å². The summed E-state index contributed by atoms with van der Waals surface area (Å²) in [5.41, 5.74) is -0.279. The minimum Gasteiger partial charge on any atom is -0.294 e. The lowest BCUT2D eigenvalue weighted by Crippen LogP contribution is -2.09. The number of carbonyl (C=O) groups excluding carboxylic acids is 1. The van der Waals surface area contributed by atoms with Crippen LogP contribution in [0, 0.1) is 23.3 Å². The lowest BCUT2D eigenvalue weighted by molar-refractivity contribution is 0.0987. The molecule has 1 nitrogen and oxygen atoms in total. The average molecular weight is 347 g/mol. The van der Waals surface area contributed by atoms with E-state index in [9.17, 15) is 22.4 Å². The van der Waals surface area contributed by atoms with E-state index in [1.807, 2.05) is 0 Å². The van der Waals surface area contributed by atoms with Crippen molar-refractivity contribution in [2.24, 2.45) is 0 Å². The fraction of sp³-hybridized carbons (Fsp3) is 0.0714. The van der Waals surface area contributed by atoms with E-state index in [0.717, 1.165) is 12.1 Å². The Bertz CT molecular complexity index is 685. The maximum Gasteiger partial charge on any atom is 0.195 e. The molecule has 20 heavy (non-hydrogen) atoms. The van der Waals surface area contributed by atoms with E-state index in [-0.39, 0.29) is 6.42 Å². The highest BCUT2D eigenvalue weighted by molar-refractivity contribution is 9.10. The van der Waals surface area contributed by atoms with Gasteiger partial charge in [-0.15, -0.1) is 0 Å². The van der Waals surface area contributed by atoms with Gasteiger partial charge in [0, 0.05) is 10.9 Å². The van der Waals surface area contributed by atoms with Crippen LogP contribution in [0.2, 0.25) is 0 Å². The number of hydrogen-bond donors (Lipinski definition) is 0. The van der Waals surface area contributed by atoms with E-state index in [1.54, 1.807) is 0 Å². The van der Waals surface area contributed by atoms with Crippen molar-refractivity contribution in [3.63, 3.8) is 0 Å². The summed E-state index contributed by atoms with van der Waals surface area (Å²) in [4.78, 5) is 11.9. The van der Waals surface area contributed by atoms with Gasteiger partial charge in [0.1, 0.15) is 5.82 Å². The Morgan fingerprint density at radius 3 is 2.40 bits per heavy atom. The Labute approximate surface area is 120 Å². The molecule has 0 N–H and O–H groups in total. The molecule has 2 aromatic carbocycles. The van der Waals surface area contributed by atoms with Gasteiger partial charge < -0.3 is 0 Å². The molecule has 0 amide bonds. The summed E-state index contributed by atoms with van der Waals surface area (Å²) in [6, 6.07) is 5.24. The first kappa shape index (κ1) is 14.7. The fourth-order valence-corrected chi connectivity index (χ4v) is 2.08. The second kappa shape index (κ2) is 5.75. The molecule has 6 heteroatoms. The SMILES string of the molecule is O=C(Cc1cc(F)ccc1Br)c1ccc(F)c(F)c1F. The Morgan fingerprint density at radius 2 is 1.70 bits per heavy atom. The molecule has 0 radical (unpaired) electrons. The van der Waals surface area contributed by atoms with E-state index in [0.29, 0.717) is 16.1 Å². The smallest absolute Gasteiger partial charge is 0.195 e. The first-order chi connectivity index (χ1) is 9.40. The van der Waals surface area contributed by atoms with Crippen LogP contribution in [0.3, 0.4) is 0 Å². The largest absolute Gasteiger partial charge is 0.294 e. The summed E-state index contributed by atoms with van der Waals surface area (Å²) in [5.74, 6) is -5.93. The van der Waals surface area contributed by atoms with Gasteiger partial charge in [-0.3, -0.25) is 4.79 Å². The van der Waals surface area contributed by atoms with Gasteiger partial charge in [0.2, 0.25) is 0 Å². The second-order valence-corrected chi connectivity index (χ2v) is 4.91. The van der Waals surface area contributed by atoms with Crippen LogP contribution in [-0.4, -0.2) is 5.78 Å². The van der Waals surface area contributed by atoms with E-state index in [1.165, 1.54) is 12.1 Å². The standard InChI is InChI=1S/C14H7BrF4O/c15-10-3-1-8(16)5-7(10)6-12(20)9-2-4-11(17)14(19)13(9)18/h1-5H,6H2. The fourth-order valence-electron chi connectivity index (χ4n) is 1.69. The van der Waals surface area contributed by atoms with E-state index < -0.39 is 34.6 Å². The minimum atomic E-state index is -1.70. The second-order valence-electron chi connectivity index (χ2n) is 4.06. The number of hydrogen-bond acceptors (Lipinski definition) is 1. The van der Waals surface area contributed by atoms with Crippen LogP contribution in [0.15, 0.2) is 34.8 Å². The molecule has 0 aromatic heterocycles. The van der Waals surface area contributed by atoms with Crippen molar-refractivity contribution in [2.75, 3.05) is 0 Å². The van der Waals surface area contributed by atoms with Crippen LogP contribution in [0.1, 0.15) is 15.9 Å². The Kier molecular flexibility index (Phi) is 4.23. The predicted octanol–water partition coefficient (Wildman–Crippen LogP) is 4.43. The molecule has 0 atom stereocenters. The molecule has 0 aliphatic carbocycles. The van der Waals surface area contributed by atoms with Crippen molar-refractivity contribution in [1.82, 2.24) is 0 Å². The zero-order valence-electron chi connectivity index (χ0n) is 9.89. The maximum absolute atomic E-state index is 13.5. The third-order valence-corrected chi connectivity index (χ3v) is 3.47. The van der Waals surface area contributed by atoms with Crippen molar-refractivity contribution >= 4 is 21.7 Å². The van der Waals surface area contributed by atoms with Crippen molar-refractivity contribution < 1.29 is 22.4 Å². The van der Waals surface area contributed by atoms with E-state index in [4.69, 9.17) is 0 Å². The molecule has 2 aromatic rings. The van der Waals surface area contributed by atoms with Gasteiger partial charge in [0.15, 0.2) is 23.2 Å². The molecule has 0 bridgehead atoms. The first-order valence-corrected chi connectivity index (χ1v) is 6.30. The lowest BCUT2D eigenvalue weighted by Gasteiger charge is -2.06. The molecule has 0 aliphatic rings. The summed E-state index contributed by atoms with van der Waals surface area (Å²) in [5, 5.41) is 0. The van der Waals surface area contributed by atoms with Crippen molar-refractivity contribution in [3.05, 3.63) is 69.2 Å². The van der Waals surface area contributed by atoms with Crippen LogP contribution in [0.5, 0.6) is 0 Å². The zero-order chi connectivity index (χ0) is 14.9. The molecule has 0 spiro atoms. The molecule has 0 fully saturated rings. The van der Waals surface area contributed by atoms with E-state index >= 15 is 0 Å². The molecule has 104 valence electrons. The molecular weight excluding hydrogens is 340 g/mol. The van der Waals surface area contributed by atoms with Crippen LogP contribution in [-0.2, 0) is 6.42 Å². The summed E-state index contributed by atoms with van der Waals surface area (Å²) in [7, 11) is 0. The third-order valence-electron chi connectivity index (χ3n) is 2.69. The number of benzene rings is 2. The van der Waals surface area contributed by atoms with Gasteiger partial charge in [-0.1, -0.05) is 15.9 Å². The Hall–Kier alpha value is -1.69. The first-order valence-electron chi connectivity index (χ1n) is 5.50. The van der Waals surface area contributed by atoms with Crippen LogP contribution < -0.4 is 0 Å². The molecule has 0 saturated carbocycles. The highest BCUT2D eigenvalue weighted by Crippen LogP contribution is 2.22. The van der Waals surface area contributed by atoms with Crippen molar-refractivity contribution in [1.29, 1.82) is 0 Å². The highest BCUT2D eigenvalue weighted by Gasteiger charge is 2.19. The lowest BCUT2D eigenvalue weighted by atomic mass is 10.0. The van der Waals surface area contributed by atoms with Gasteiger partial charge in [0.05, 0.1) is 5.56 Å². The third kappa shape index (κ3) is 2.90. The molecule has 0 heterocycles. The Morgan fingerprint density at radius 1 is 1.00 bits per heavy atom. The average Bonchev–Trinajstić information content (AvgIpc) is 2.40. The van der Waals surface area contributed by atoms with Crippen molar-refractivity contribution in [3.8, 4) is 0 Å². The quantitative estimate of drug-likeness (QED) is 0.456. The summed E-state index contributed by atoms with van der Waals surface area (Å²) < 4.78 is 52.9. The summed E-state index contributed by atoms with van der Waals surface area (Å²) in [6.07, 6.45) is -0.333. The van der Waals surface area contributed by atoms with Crippen LogP contribution in [0.4, 0.5) is 17.6 Å². The zero-order valence-corrected chi connectivity index (χ0v) is 11.5. The number of Topliss-reactive ketones (excluding diaryl/α,β-unsaturated/α-hetero) is 1.